The van der Waals surface area contributed by atoms with Gasteiger partial charge in [-0.2, -0.15) is 0 Å². The van der Waals surface area contributed by atoms with Crippen LogP contribution in [0.3, 0.4) is 0 Å². The molecule has 0 aliphatic carbocycles. The predicted octanol–water partition coefficient (Wildman–Crippen LogP) is 5.04. The van der Waals surface area contributed by atoms with Gasteiger partial charge in [0.15, 0.2) is 5.17 Å². The van der Waals surface area contributed by atoms with Crippen molar-refractivity contribution in [1.29, 1.82) is 0 Å². The van der Waals surface area contributed by atoms with Crippen LogP contribution in [0.25, 0.3) is 17.4 Å². The average molecular weight is 413 g/mol. The molecule has 1 aromatic heterocycles. The van der Waals surface area contributed by atoms with Gasteiger partial charge in [-0.15, -0.1) is 0 Å². The van der Waals surface area contributed by atoms with Crippen LogP contribution >= 0.6 is 11.8 Å². The molecular formula is C22H24N2O4S. The summed E-state index contributed by atoms with van der Waals surface area (Å²) in [5, 5.41) is 9.93. The molecule has 1 N–H and O–H groups in total. The molecule has 0 radical (unpaired) electrons. The lowest BCUT2D eigenvalue weighted by Crippen LogP contribution is -2.35. The van der Waals surface area contributed by atoms with Gasteiger partial charge in [0.25, 0.3) is 5.91 Å². The molecule has 152 valence electrons. The van der Waals surface area contributed by atoms with Crippen LogP contribution in [0.15, 0.2) is 44.6 Å². The SMILES string of the molecule is Cc1ccc(C(=O)O)cc1-c1ccc(/C=C2/SC(=NC(C)C)N(C(C)C)C2=O)o1. The van der Waals surface area contributed by atoms with Crippen LogP contribution in [0.5, 0.6) is 0 Å². The molecule has 0 spiro atoms. The van der Waals surface area contributed by atoms with Crippen LogP contribution in [0.1, 0.15) is 49.4 Å². The van der Waals surface area contributed by atoms with Gasteiger partial charge in [-0.3, -0.25) is 14.7 Å². The Morgan fingerprint density at radius 2 is 1.93 bits per heavy atom. The maximum atomic E-state index is 12.8. The van der Waals surface area contributed by atoms with E-state index in [1.807, 2.05) is 34.6 Å². The zero-order valence-electron chi connectivity index (χ0n) is 17.1. The molecule has 1 aromatic carbocycles. The van der Waals surface area contributed by atoms with E-state index in [-0.39, 0.29) is 23.6 Å². The second-order valence-corrected chi connectivity index (χ2v) is 8.43. The number of hydrogen-bond acceptors (Lipinski definition) is 5. The molecule has 29 heavy (non-hydrogen) atoms. The molecule has 3 rings (SSSR count). The van der Waals surface area contributed by atoms with Crippen LogP contribution in [0.4, 0.5) is 0 Å². The number of benzene rings is 1. The number of carboxylic acid groups (broad SMARTS) is 1. The second-order valence-electron chi connectivity index (χ2n) is 7.42. The molecular weight excluding hydrogens is 388 g/mol. The third-order valence-electron chi connectivity index (χ3n) is 4.37. The number of hydrogen-bond donors (Lipinski definition) is 1. The normalized spacial score (nSPS) is 17.3. The van der Waals surface area contributed by atoms with E-state index in [0.29, 0.717) is 27.2 Å². The van der Waals surface area contributed by atoms with E-state index in [1.165, 1.54) is 11.8 Å². The lowest BCUT2D eigenvalue weighted by molar-refractivity contribution is -0.123. The Labute approximate surface area is 174 Å². The maximum Gasteiger partial charge on any atom is 0.335 e. The topological polar surface area (TPSA) is 83.1 Å². The zero-order chi connectivity index (χ0) is 21.3. The Morgan fingerprint density at radius 3 is 2.55 bits per heavy atom. The highest BCUT2D eigenvalue weighted by Crippen LogP contribution is 2.35. The smallest absolute Gasteiger partial charge is 0.335 e. The number of thioether (sulfide) groups is 1. The van der Waals surface area contributed by atoms with Gasteiger partial charge in [0.1, 0.15) is 11.5 Å². The number of carboxylic acids is 1. The molecule has 0 bridgehead atoms. The van der Waals surface area contributed by atoms with Gasteiger partial charge in [-0.1, -0.05) is 6.07 Å². The van der Waals surface area contributed by atoms with Crippen LogP contribution in [0, 0.1) is 6.92 Å². The van der Waals surface area contributed by atoms with Crippen molar-refractivity contribution in [2.24, 2.45) is 4.99 Å². The van der Waals surface area contributed by atoms with Crippen LogP contribution in [-0.2, 0) is 4.79 Å². The molecule has 0 saturated carbocycles. The fraction of sp³-hybridized carbons (Fsp3) is 0.318. The minimum absolute atomic E-state index is 0.00645. The van der Waals surface area contributed by atoms with Gasteiger partial charge in [0, 0.05) is 23.7 Å². The molecule has 1 aliphatic rings. The van der Waals surface area contributed by atoms with Crippen molar-refractivity contribution in [3.63, 3.8) is 0 Å². The minimum atomic E-state index is -0.987. The highest BCUT2D eigenvalue weighted by atomic mass is 32.2. The van der Waals surface area contributed by atoms with E-state index in [1.54, 1.807) is 41.3 Å². The van der Waals surface area contributed by atoms with Crippen molar-refractivity contribution >= 4 is 34.9 Å². The number of amidine groups is 1. The van der Waals surface area contributed by atoms with E-state index in [0.717, 1.165) is 5.56 Å². The van der Waals surface area contributed by atoms with E-state index in [9.17, 15) is 14.7 Å². The number of rotatable bonds is 5. The molecule has 1 aliphatic heterocycles. The van der Waals surface area contributed by atoms with Crippen molar-refractivity contribution in [2.45, 2.75) is 46.7 Å². The van der Waals surface area contributed by atoms with Crippen molar-refractivity contribution < 1.29 is 19.1 Å². The first-order chi connectivity index (χ1) is 13.7. The van der Waals surface area contributed by atoms with E-state index in [4.69, 9.17) is 4.42 Å². The molecule has 0 unspecified atom stereocenters. The molecule has 1 amide bonds. The van der Waals surface area contributed by atoms with Crippen molar-refractivity contribution in [1.82, 2.24) is 4.90 Å². The quantitative estimate of drug-likeness (QED) is 0.696. The van der Waals surface area contributed by atoms with Crippen LogP contribution in [0.2, 0.25) is 0 Å². The zero-order valence-corrected chi connectivity index (χ0v) is 17.9. The number of amides is 1. The molecule has 1 fully saturated rings. The van der Waals surface area contributed by atoms with E-state index < -0.39 is 5.97 Å². The Kier molecular flexibility index (Phi) is 5.98. The first kappa shape index (κ1) is 20.9. The number of aryl methyl sites for hydroxylation is 1. The van der Waals surface area contributed by atoms with Crippen molar-refractivity contribution in [3.8, 4) is 11.3 Å². The predicted molar refractivity (Wildman–Crippen MR) is 116 cm³/mol. The van der Waals surface area contributed by atoms with Gasteiger partial charge >= 0.3 is 5.97 Å². The number of furan rings is 1. The number of carbonyl (C=O) groups is 2. The summed E-state index contributed by atoms with van der Waals surface area (Å²) in [6.07, 6.45) is 1.71. The number of carbonyl (C=O) groups excluding carboxylic acids is 1. The molecule has 2 aromatic rings. The molecule has 7 heteroatoms. The Hall–Kier alpha value is -2.80. The fourth-order valence-electron chi connectivity index (χ4n) is 2.98. The van der Waals surface area contributed by atoms with Gasteiger partial charge < -0.3 is 9.52 Å². The van der Waals surface area contributed by atoms with Crippen molar-refractivity contribution in [3.05, 3.63) is 52.1 Å². The average Bonchev–Trinajstić information content (AvgIpc) is 3.20. The van der Waals surface area contributed by atoms with Crippen molar-refractivity contribution in [2.75, 3.05) is 0 Å². The maximum absolute atomic E-state index is 12.8. The van der Waals surface area contributed by atoms with Gasteiger partial charge in [-0.25, -0.2) is 4.79 Å². The highest BCUT2D eigenvalue weighted by Gasteiger charge is 2.35. The van der Waals surface area contributed by atoms with E-state index >= 15 is 0 Å². The largest absolute Gasteiger partial charge is 0.478 e. The lowest BCUT2D eigenvalue weighted by Gasteiger charge is -2.20. The third-order valence-corrected chi connectivity index (χ3v) is 5.37. The second kappa shape index (κ2) is 8.29. The summed E-state index contributed by atoms with van der Waals surface area (Å²) in [6, 6.07) is 8.57. The lowest BCUT2D eigenvalue weighted by atomic mass is 10.0. The first-order valence-corrected chi connectivity index (χ1v) is 10.2. The fourth-order valence-corrected chi connectivity index (χ4v) is 4.19. The number of aromatic carboxylic acids is 1. The third kappa shape index (κ3) is 4.45. The molecule has 1 saturated heterocycles. The van der Waals surface area contributed by atoms with Crippen LogP contribution < -0.4 is 0 Å². The molecule has 0 atom stereocenters. The standard InChI is InChI=1S/C22H24N2O4S/c1-12(2)23-22-24(13(3)4)20(25)19(29-22)11-16-8-9-18(28-16)17-10-15(21(26)27)7-6-14(17)5/h6-13H,1-5H3,(H,26,27)/b19-11+,23-22?. The highest BCUT2D eigenvalue weighted by molar-refractivity contribution is 8.18. The minimum Gasteiger partial charge on any atom is -0.478 e. The summed E-state index contributed by atoms with van der Waals surface area (Å²) < 4.78 is 5.91. The summed E-state index contributed by atoms with van der Waals surface area (Å²) in [7, 11) is 0. The number of aliphatic imine (C=N–C) groups is 1. The Morgan fingerprint density at radius 1 is 1.21 bits per heavy atom. The molecule has 6 nitrogen and oxygen atoms in total. The van der Waals surface area contributed by atoms with Gasteiger partial charge in [0.05, 0.1) is 10.5 Å². The summed E-state index contributed by atoms with van der Waals surface area (Å²) in [5.74, 6) is 0.0143. The summed E-state index contributed by atoms with van der Waals surface area (Å²) in [6.45, 7) is 9.77. The summed E-state index contributed by atoms with van der Waals surface area (Å²) in [4.78, 5) is 30.9. The van der Waals surface area contributed by atoms with Gasteiger partial charge in [0.2, 0.25) is 0 Å². The Bertz CT molecular complexity index is 1020. The van der Waals surface area contributed by atoms with Crippen LogP contribution in [-0.4, -0.2) is 39.1 Å². The van der Waals surface area contributed by atoms with Gasteiger partial charge in [-0.05, 0) is 76.2 Å². The summed E-state index contributed by atoms with van der Waals surface area (Å²) >= 11 is 1.34. The monoisotopic (exact) mass is 412 g/mol. The van der Waals surface area contributed by atoms with E-state index in [2.05, 4.69) is 4.99 Å². The first-order valence-electron chi connectivity index (χ1n) is 9.42. The Balaban J connectivity index is 1.94. The number of nitrogens with zero attached hydrogens (tertiary/aromatic N) is 2. The summed E-state index contributed by atoms with van der Waals surface area (Å²) in [5.41, 5.74) is 1.82. The molecule has 2 heterocycles.